The van der Waals surface area contributed by atoms with Crippen LogP contribution in [0.4, 0.5) is 8.78 Å². The normalized spacial score (nSPS) is 26.1. The van der Waals surface area contributed by atoms with Crippen LogP contribution >= 0.6 is 11.8 Å². The van der Waals surface area contributed by atoms with Crippen LogP contribution < -0.4 is 5.73 Å². The molecular formula is C20H26F2N2OS. The number of nitrogens with zero attached hydrogens (tertiary/aromatic N) is 1. The Balaban J connectivity index is 0.000000206. The van der Waals surface area contributed by atoms with Crippen molar-refractivity contribution in [1.82, 2.24) is 4.90 Å². The van der Waals surface area contributed by atoms with Gasteiger partial charge in [0, 0.05) is 25.2 Å². The monoisotopic (exact) mass is 380 g/mol. The molecule has 3 nitrogen and oxygen atoms in total. The topological polar surface area (TPSA) is 38.5 Å². The van der Waals surface area contributed by atoms with E-state index in [0.717, 1.165) is 57.0 Å². The predicted molar refractivity (Wildman–Crippen MR) is 103 cm³/mol. The van der Waals surface area contributed by atoms with Gasteiger partial charge in [0.15, 0.2) is 0 Å². The third kappa shape index (κ3) is 5.16. The van der Waals surface area contributed by atoms with E-state index in [9.17, 15) is 8.78 Å². The number of halogens is 2. The molecule has 1 saturated heterocycles. The van der Waals surface area contributed by atoms with E-state index in [-0.39, 0.29) is 6.04 Å². The SMILES string of the molecule is CSC1=CC2=C(CC1)CN(C1COCC(N)C1)C2.Fc1ccc(F)cc1. The van der Waals surface area contributed by atoms with Gasteiger partial charge in [-0.05, 0) is 66.3 Å². The summed E-state index contributed by atoms with van der Waals surface area (Å²) in [6, 6.07) is 5.05. The summed E-state index contributed by atoms with van der Waals surface area (Å²) >= 11 is 1.90. The number of thioether (sulfide) groups is 1. The number of rotatable bonds is 2. The average molecular weight is 381 g/mol. The molecule has 0 bridgehead atoms. The smallest absolute Gasteiger partial charge is 0.123 e. The van der Waals surface area contributed by atoms with Crippen LogP contribution in [0.5, 0.6) is 0 Å². The van der Waals surface area contributed by atoms with Crippen molar-refractivity contribution in [1.29, 1.82) is 0 Å². The number of nitrogens with two attached hydrogens (primary N) is 1. The van der Waals surface area contributed by atoms with Crippen molar-refractivity contribution >= 4 is 11.8 Å². The first-order valence-corrected chi connectivity index (χ1v) is 10.2. The predicted octanol–water partition coefficient (Wildman–Crippen LogP) is 3.72. The Labute approximate surface area is 158 Å². The molecule has 1 fully saturated rings. The summed E-state index contributed by atoms with van der Waals surface area (Å²) < 4.78 is 29.4. The Morgan fingerprint density at radius 3 is 2.38 bits per heavy atom. The third-order valence-corrected chi connectivity index (χ3v) is 5.88. The number of allylic oxidation sites excluding steroid dienone is 1. The Kier molecular flexibility index (Phi) is 6.86. The van der Waals surface area contributed by atoms with Gasteiger partial charge >= 0.3 is 0 Å². The molecule has 2 atom stereocenters. The van der Waals surface area contributed by atoms with Gasteiger partial charge in [-0.25, -0.2) is 8.78 Å². The van der Waals surface area contributed by atoms with Gasteiger partial charge in [0.25, 0.3) is 0 Å². The fourth-order valence-corrected chi connectivity index (χ4v) is 4.17. The molecule has 1 aromatic carbocycles. The van der Waals surface area contributed by atoms with E-state index >= 15 is 0 Å². The molecule has 6 heteroatoms. The van der Waals surface area contributed by atoms with Crippen LogP contribution in [0.2, 0.25) is 0 Å². The van der Waals surface area contributed by atoms with Gasteiger partial charge in [0.05, 0.1) is 13.2 Å². The Morgan fingerprint density at radius 1 is 1.08 bits per heavy atom. The lowest BCUT2D eigenvalue weighted by Crippen LogP contribution is -2.47. The van der Waals surface area contributed by atoms with Gasteiger partial charge in [0.2, 0.25) is 0 Å². The summed E-state index contributed by atoms with van der Waals surface area (Å²) in [5, 5.41) is 0. The molecular weight excluding hydrogens is 354 g/mol. The van der Waals surface area contributed by atoms with Crippen molar-refractivity contribution in [3.63, 3.8) is 0 Å². The molecule has 4 rings (SSSR count). The molecule has 0 aromatic heterocycles. The van der Waals surface area contributed by atoms with Crippen molar-refractivity contribution in [3.05, 3.63) is 58.0 Å². The molecule has 0 radical (unpaired) electrons. The van der Waals surface area contributed by atoms with Crippen LogP contribution in [0.3, 0.4) is 0 Å². The molecule has 1 aliphatic carbocycles. The van der Waals surface area contributed by atoms with Gasteiger partial charge < -0.3 is 10.5 Å². The number of hydrogen-bond acceptors (Lipinski definition) is 4. The highest BCUT2D eigenvalue weighted by atomic mass is 32.2. The lowest BCUT2D eigenvalue weighted by molar-refractivity contribution is 0.0164. The molecule has 26 heavy (non-hydrogen) atoms. The van der Waals surface area contributed by atoms with E-state index in [2.05, 4.69) is 17.2 Å². The van der Waals surface area contributed by atoms with Gasteiger partial charge in [-0.15, -0.1) is 11.8 Å². The second-order valence-corrected chi connectivity index (χ2v) is 7.90. The second kappa shape index (κ2) is 9.13. The van der Waals surface area contributed by atoms with Crippen molar-refractivity contribution in [3.8, 4) is 0 Å². The first-order chi connectivity index (χ1) is 12.5. The highest BCUT2D eigenvalue weighted by Crippen LogP contribution is 2.35. The lowest BCUT2D eigenvalue weighted by atomic mass is 10.0. The van der Waals surface area contributed by atoms with Crippen LogP contribution in [0, 0.1) is 11.6 Å². The minimum atomic E-state index is -0.411. The van der Waals surface area contributed by atoms with E-state index in [1.54, 1.807) is 11.1 Å². The Hall–Kier alpha value is -1.21. The van der Waals surface area contributed by atoms with Crippen molar-refractivity contribution in [2.75, 3.05) is 32.6 Å². The molecule has 2 heterocycles. The largest absolute Gasteiger partial charge is 0.378 e. The molecule has 2 N–H and O–H groups in total. The van der Waals surface area contributed by atoms with Gasteiger partial charge in [-0.1, -0.05) is 5.57 Å². The third-order valence-electron chi connectivity index (χ3n) is 5.03. The van der Waals surface area contributed by atoms with Gasteiger partial charge in [-0.2, -0.15) is 0 Å². The summed E-state index contributed by atoms with van der Waals surface area (Å²) in [7, 11) is 0. The molecule has 2 unspecified atom stereocenters. The maximum atomic E-state index is 11.9. The van der Waals surface area contributed by atoms with E-state index in [1.165, 1.54) is 17.7 Å². The highest BCUT2D eigenvalue weighted by Gasteiger charge is 2.31. The quantitative estimate of drug-likeness (QED) is 0.849. The first kappa shape index (κ1) is 19.5. The minimum absolute atomic E-state index is 0.221. The summed E-state index contributed by atoms with van der Waals surface area (Å²) in [6.07, 6.45) is 8.15. The summed E-state index contributed by atoms with van der Waals surface area (Å²) in [5.41, 5.74) is 9.21. The zero-order valence-corrected chi connectivity index (χ0v) is 15.9. The maximum Gasteiger partial charge on any atom is 0.123 e. The lowest BCUT2D eigenvalue weighted by Gasteiger charge is -2.34. The van der Waals surface area contributed by atoms with Crippen molar-refractivity contribution in [2.24, 2.45) is 5.73 Å². The van der Waals surface area contributed by atoms with Crippen LogP contribution in [0.1, 0.15) is 19.3 Å². The number of hydrogen-bond donors (Lipinski definition) is 1. The second-order valence-electron chi connectivity index (χ2n) is 6.97. The average Bonchev–Trinajstić information content (AvgIpc) is 3.08. The standard InChI is InChI=1S/C14H22N2OS.C6H4F2/c1-18-14-3-2-10-6-16(7-11(10)4-14)13-5-12(15)8-17-9-13;7-5-1-2-6(8)4-3-5/h4,12-13H,2-3,5-9,15H2,1H3;1-4H. The maximum absolute atomic E-state index is 11.9. The highest BCUT2D eigenvalue weighted by molar-refractivity contribution is 8.02. The van der Waals surface area contributed by atoms with Crippen LogP contribution in [0.15, 0.2) is 46.4 Å². The van der Waals surface area contributed by atoms with E-state index < -0.39 is 11.6 Å². The molecule has 0 saturated carbocycles. The number of benzene rings is 1. The molecule has 3 aliphatic rings. The number of ether oxygens (including phenoxy) is 1. The van der Waals surface area contributed by atoms with Crippen molar-refractivity contribution in [2.45, 2.75) is 31.3 Å². The minimum Gasteiger partial charge on any atom is -0.378 e. The van der Waals surface area contributed by atoms with E-state index in [4.69, 9.17) is 10.5 Å². The Morgan fingerprint density at radius 2 is 1.77 bits per heavy atom. The molecule has 142 valence electrons. The van der Waals surface area contributed by atoms with Crippen molar-refractivity contribution < 1.29 is 13.5 Å². The van der Waals surface area contributed by atoms with E-state index in [1.807, 2.05) is 11.8 Å². The Bertz CT molecular complexity index is 654. The molecule has 2 aliphatic heterocycles. The zero-order valence-electron chi connectivity index (χ0n) is 15.1. The van der Waals surface area contributed by atoms with Crippen LogP contribution in [0.25, 0.3) is 0 Å². The van der Waals surface area contributed by atoms with Crippen LogP contribution in [-0.4, -0.2) is 49.5 Å². The van der Waals surface area contributed by atoms with Gasteiger partial charge in [-0.3, -0.25) is 4.90 Å². The molecule has 1 aromatic rings. The zero-order chi connectivity index (χ0) is 18.5. The summed E-state index contributed by atoms with van der Waals surface area (Å²) in [4.78, 5) is 4.09. The first-order valence-electron chi connectivity index (χ1n) is 8.99. The fourth-order valence-electron chi connectivity index (χ4n) is 3.61. The molecule has 0 spiro atoms. The molecule has 0 amide bonds. The van der Waals surface area contributed by atoms with E-state index in [0.29, 0.717) is 6.04 Å². The van der Waals surface area contributed by atoms with Crippen LogP contribution in [-0.2, 0) is 4.74 Å². The summed E-state index contributed by atoms with van der Waals surface area (Å²) in [6.45, 7) is 3.82. The van der Waals surface area contributed by atoms with Gasteiger partial charge in [0.1, 0.15) is 11.6 Å². The fraction of sp³-hybridized carbons (Fsp3) is 0.500. The summed E-state index contributed by atoms with van der Waals surface area (Å²) in [5.74, 6) is -0.821.